The molecule has 0 aliphatic carbocycles. The number of ether oxygens (including phenoxy) is 1. The Balaban J connectivity index is 2.05. The van der Waals surface area contributed by atoms with Gasteiger partial charge in [-0.1, -0.05) is 32.0 Å². The molecular formula is C22H27N3O5. The average Bonchev–Trinajstić information content (AvgIpc) is 3.00. The largest absolute Gasteiger partial charge is 0.492 e. The predicted molar refractivity (Wildman–Crippen MR) is 112 cm³/mol. The third-order valence-electron chi connectivity index (χ3n) is 4.54. The van der Waals surface area contributed by atoms with Crippen LogP contribution in [0.1, 0.15) is 51.6 Å². The number of aromatic nitrogens is 3. The molecule has 160 valence electrons. The van der Waals surface area contributed by atoms with Crippen molar-refractivity contribution in [1.29, 1.82) is 0 Å². The number of carbonyl (C=O) groups excluding carboxylic acids is 1. The van der Waals surface area contributed by atoms with E-state index in [-0.39, 0.29) is 29.6 Å². The molecule has 0 saturated carbocycles. The van der Waals surface area contributed by atoms with Gasteiger partial charge in [0, 0.05) is 18.0 Å². The molecule has 0 spiro atoms. The van der Waals surface area contributed by atoms with Crippen LogP contribution in [0.25, 0.3) is 10.9 Å². The summed E-state index contributed by atoms with van der Waals surface area (Å²) >= 11 is 0. The Hall–Kier alpha value is -3.29. The van der Waals surface area contributed by atoms with E-state index in [1.807, 2.05) is 26.0 Å². The van der Waals surface area contributed by atoms with Crippen LogP contribution in [0.4, 0.5) is 4.79 Å². The highest BCUT2D eigenvalue weighted by Gasteiger charge is 2.22. The highest BCUT2D eigenvalue weighted by atomic mass is 16.6. The number of hydrogen-bond donors (Lipinski definition) is 2. The second-order valence-electron chi connectivity index (χ2n) is 8.74. The molecule has 0 fully saturated rings. The fourth-order valence-corrected chi connectivity index (χ4v) is 3.29. The Kier molecular flexibility index (Phi) is 5.61. The van der Waals surface area contributed by atoms with Crippen molar-refractivity contribution in [3.63, 3.8) is 0 Å². The van der Waals surface area contributed by atoms with Crippen LogP contribution >= 0.6 is 0 Å². The molecule has 0 bridgehead atoms. The minimum atomic E-state index is -0.697. The van der Waals surface area contributed by atoms with Crippen LogP contribution in [0.3, 0.4) is 0 Å². The van der Waals surface area contributed by atoms with Crippen LogP contribution in [0, 0.1) is 5.92 Å². The van der Waals surface area contributed by atoms with Crippen molar-refractivity contribution in [2.24, 2.45) is 5.92 Å². The Bertz CT molecular complexity index is 1150. The zero-order chi connectivity index (χ0) is 22.2. The number of rotatable bonds is 4. The molecule has 2 N–H and O–H groups in total. The van der Waals surface area contributed by atoms with Crippen molar-refractivity contribution < 1.29 is 19.8 Å². The van der Waals surface area contributed by atoms with Gasteiger partial charge in [0.05, 0.1) is 5.52 Å². The number of benzene rings is 1. The van der Waals surface area contributed by atoms with E-state index < -0.39 is 17.3 Å². The normalized spacial score (nSPS) is 11.9. The lowest BCUT2D eigenvalue weighted by Crippen LogP contribution is -2.27. The Morgan fingerprint density at radius 3 is 2.53 bits per heavy atom. The van der Waals surface area contributed by atoms with Gasteiger partial charge in [0.15, 0.2) is 0 Å². The van der Waals surface area contributed by atoms with Gasteiger partial charge >= 0.3 is 11.7 Å². The summed E-state index contributed by atoms with van der Waals surface area (Å²) in [6.45, 7) is 9.17. The Morgan fingerprint density at radius 1 is 1.23 bits per heavy atom. The molecule has 0 unspecified atom stereocenters. The first-order valence-corrected chi connectivity index (χ1v) is 9.83. The minimum Gasteiger partial charge on any atom is -0.492 e. The van der Waals surface area contributed by atoms with Gasteiger partial charge in [-0.3, -0.25) is 9.36 Å². The van der Waals surface area contributed by atoms with E-state index in [9.17, 15) is 19.9 Å². The average molecular weight is 413 g/mol. The van der Waals surface area contributed by atoms with Crippen LogP contribution in [0.5, 0.6) is 5.88 Å². The van der Waals surface area contributed by atoms with Gasteiger partial charge in [-0.25, -0.2) is 9.78 Å². The summed E-state index contributed by atoms with van der Waals surface area (Å²) in [4.78, 5) is 29.3. The van der Waals surface area contributed by atoms with Gasteiger partial charge < -0.3 is 15.1 Å². The first-order valence-electron chi connectivity index (χ1n) is 9.83. The van der Waals surface area contributed by atoms with Crippen LogP contribution in [0.15, 0.2) is 35.3 Å². The fraction of sp³-hybridized carbons (Fsp3) is 0.409. The van der Waals surface area contributed by atoms with Crippen molar-refractivity contribution in [2.45, 2.75) is 53.1 Å². The quantitative estimate of drug-likeness (QED) is 0.632. The summed E-state index contributed by atoms with van der Waals surface area (Å²) in [7, 11) is 0. The smallest absolute Gasteiger partial charge is 0.419 e. The summed E-state index contributed by atoms with van der Waals surface area (Å²) in [5, 5.41) is 21.2. The first kappa shape index (κ1) is 21.4. The van der Waals surface area contributed by atoms with Gasteiger partial charge in [-0.15, -0.1) is 4.73 Å². The lowest BCUT2D eigenvalue weighted by molar-refractivity contribution is 0.0544. The van der Waals surface area contributed by atoms with Crippen LogP contribution in [0.2, 0.25) is 0 Å². The van der Waals surface area contributed by atoms with Gasteiger partial charge in [0.25, 0.3) is 0 Å². The third-order valence-corrected chi connectivity index (χ3v) is 4.54. The third kappa shape index (κ3) is 4.32. The number of nitrogens with zero attached hydrogens (tertiary/aromatic N) is 3. The maximum Gasteiger partial charge on any atom is 0.419 e. The lowest BCUT2D eigenvalue weighted by atomic mass is 10.1. The lowest BCUT2D eigenvalue weighted by Gasteiger charge is -2.19. The molecule has 0 atom stereocenters. The Morgan fingerprint density at radius 2 is 1.90 bits per heavy atom. The monoisotopic (exact) mass is 413 g/mol. The molecule has 3 rings (SSSR count). The summed E-state index contributed by atoms with van der Waals surface area (Å²) < 4.78 is 7.32. The van der Waals surface area contributed by atoms with E-state index in [1.54, 1.807) is 39.1 Å². The van der Waals surface area contributed by atoms with Crippen molar-refractivity contribution in [3.05, 3.63) is 57.8 Å². The molecule has 0 aliphatic heterocycles. The second-order valence-corrected chi connectivity index (χ2v) is 8.74. The zero-order valence-corrected chi connectivity index (χ0v) is 17.8. The van der Waals surface area contributed by atoms with E-state index in [0.29, 0.717) is 22.2 Å². The first-order chi connectivity index (χ1) is 14.0. The van der Waals surface area contributed by atoms with Gasteiger partial charge in [-0.2, -0.15) is 0 Å². The molecule has 0 radical (unpaired) electrons. The van der Waals surface area contributed by atoms with Gasteiger partial charge in [0.2, 0.25) is 5.88 Å². The molecule has 2 heterocycles. The predicted octanol–water partition coefficient (Wildman–Crippen LogP) is 3.71. The second kappa shape index (κ2) is 7.85. The topological polar surface area (TPSA) is 107 Å². The molecule has 0 aliphatic rings. The maximum atomic E-state index is 12.6. The van der Waals surface area contributed by atoms with Gasteiger partial charge in [0.1, 0.15) is 17.0 Å². The maximum absolute atomic E-state index is 12.6. The number of fused-ring (bicyclic) bond motifs is 1. The van der Waals surface area contributed by atoms with Crippen LogP contribution < -0.4 is 5.56 Å². The van der Waals surface area contributed by atoms with E-state index in [1.165, 1.54) is 4.57 Å². The molecular weight excluding hydrogens is 386 g/mol. The molecule has 2 aromatic heterocycles. The Labute approximate surface area is 174 Å². The molecule has 8 heteroatoms. The van der Waals surface area contributed by atoms with E-state index in [2.05, 4.69) is 4.98 Å². The van der Waals surface area contributed by atoms with Crippen molar-refractivity contribution in [2.75, 3.05) is 0 Å². The summed E-state index contributed by atoms with van der Waals surface area (Å²) in [6.07, 6.45) is 1.40. The molecule has 8 nitrogen and oxygen atoms in total. The summed E-state index contributed by atoms with van der Waals surface area (Å²) in [5.41, 5.74) is -0.0156. The van der Waals surface area contributed by atoms with E-state index >= 15 is 0 Å². The number of hydrogen-bond acceptors (Lipinski definition) is 6. The highest BCUT2D eigenvalue weighted by molar-refractivity contribution is 5.92. The van der Waals surface area contributed by atoms with Crippen LogP contribution in [-0.2, 0) is 17.6 Å². The summed E-state index contributed by atoms with van der Waals surface area (Å²) in [6, 6.07) is 7.24. The molecule has 0 saturated heterocycles. The van der Waals surface area contributed by atoms with E-state index in [4.69, 9.17) is 4.74 Å². The van der Waals surface area contributed by atoms with Crippen molar-refractivity contribution in [1.82, 2.24) is 14.3 Å². The standard InChI is InChI=1S/C22H27N3O5/c1-13(2)10-18-19(26)23-16(20(27)25(18)29)11-14-12-24(21(28)30-22(3,4)5)17-9-7-6-8-15(14)17/h6-9,12-13,26,29H,10-11H2,1-5H3. The highest BCUT2D eigenvalue weighted by Crippen LogP contribution is 2.25. The minimum absolute atomic E-state index is 0.0189. The summed E-state index contributed by atoms with van der Waals surface area (Å²) in [5.74, 6) is -0.259. The molecule has 3 aromatic rings. The SMILES string of the molecule is CC(C)Cc1c(O)nc(Cc2cn(C(=O)OC(C)(C)C)c3ccccc23)c(=O)n1O. The fourth-order valence-electron chi connectivity index (χ4n) is 3.29. The molecule has 30 heavy (non-hydrogen) atoms. The molecule has 0 amide bonds. The molecule has 1 aromatic carbocycles. The number of carbonyl (C=O) groups is 1. The van der Waals surface area contributed by atoms with Crippen molar-refractivity contribution in [3.8, 4) is 5.88 Å². The number of para-hydroxylation sites is 1. The van der Waals surface area contributed by atoms with Gasteiger partial charge in [-0.05, 0) is 44.7 Å². The van der Waals surface area contributed by atoms with Crippen LogP contribution in [-0.4, -0.2) is 36.3 Å². The van der Waals surface area contributed by atoms with Crippen molar-refractivity contribution >= 4 is 17.0 Å². The van der Waals surface area contributed by atoms with E-state index in [0.717, 1.165) is 5.39 Å². The number of aromatic hydroxyl groups is 1. The zero-order valence-electron chi connectivity index (χ0n) is 17.8.